The number of nitrogens with zero attached hydrogens (tertiary/aromatic N) is 1. The number of carbonyl (C=O) groups excluding carboxylic acids is 2. The van der Waals surface area contributed by atoms with E-state index in [-0.39, 0.29) is 23.9 Å². The molecule has 0 spiro atoms. The van der Waals surface area contributed by atoms with Crippen LogP contribution in [-0.4, -0.2) is 59.6 Å². The van der Waals surface area contributed by atoms with E-state index in [1.165, 1.54) is 25.7 Å². The van der Waals surface area contributed by atoms with Crippen LogP contribution in [0, 0.1) is 0 Å². The summed E-state index contributed by atoms with van der Waals surface area (Å²) in [4.78, 5) is 26.3. The van der Waals surface area contributed by atoms with E-state index in [9.17, 15) is 14.7 Å². The van der Waals surface area contributed by atoms with Gasteiger partial charge in [-0.15, -0.1) is 0 Å². The summed E-state index contributed by atoms with van der Waals surface area (Å²) >= 11 is 0. The minimum Gasteiger partial charge on any atom is -0.392 e. The highest BCUT2D eigenvalue weighted by molar-refractivity contribution is 5.88. The first kappa shape index (κ1) is 29.3. The second-order valence-corrected chi connectivity index (χ2v) is 8.68. The normalized spacial score (nSPS) is 14.8. The average molecular weight is 438 g/mol. The number of hydrogen-bond acceptors (Lipinski definition) is 4. The van der Waals surface area contributed by atoms with Crippen LogP contribution in [0.4, 0.5) is 0 Å². The topological polar surface area (TPSA) is 81.7 Å². The molecule has 0 aromatic heterocycles. The summed E-state index contributed by atoms with van der Waals surface area (Å²) in [5, 5.41) is 15.8. The summed E-state index contributed by atoms with van der Waals surface area (Å²) in [6.45, 7) is 11.7. The summed E-state index contributed by atoms with van der Waals surface area (Å²) < 4.78 is 0. The number of aliphatic hydroxyl groups excluding tert-OH is 1. The number of carbonyl (C=O) groups is 2. The van der Waals surface area contributed by atoms with Crippen molar-refractivity contribution >= 4 is 11.8 Å². The molecule has 0 saturated heterocycles. The van der Waals surface area contributed by atoms with Gasteiger partial charge in [0.1, 0.15) is 0 Å². The maximum atomic E-state index is 12.1. The van der Waals surface area contributed by atoms with E-state index in [0.717, 1.165) is 25.7 Å². The Balaban J connectivity index is 4.47. The predicted octanol–water partition coefficient (Wildman–Crippen LogP) is 3.95. The molecule has 0 radical (unpaired) electrons. The third kappa shape index (κ3) is 18.8. The minimum atomic E-state index is -0.484. The number of unbranched alkanes of at least 4 members (excludes halogenated alkanes) is 6. The first-order chi connectivity index (χ1) is 14.8. The van der Waals surface area contributed by atoms with Crippen molar-refractivity contribution in [1.82, 2.24) is 15.5 Å². The summed E-state index contributed by atoms with van der Waals surface area (Å²) in [6.07, 6.45) is 15.4. The largest absolute Gasteiger partial charge is 0.392 e. The quantitative estimate of drug-likeness (QED) is 0.224. The van der Waals surface area contributed by atoms with Crippen LogP contribution < -0.4 is 10.6 Å². The number of hydrogen-bond donors (Lipinski definition) is 3. The summed E-state index contributed by atoms with van der Waals surface area (Å²) in [6, 6.07) is -0.124. The Morgan fingerprint density at radius 1 is 0.774 bits per heavy atom. The smallest absolute Gasteiger partial charge is 0.243 e. The Labute approximate surface area is 190 Å². The molecule has 3 unspecified atom stereocenters. The molecular weight excluding hydrogens is 390 g/mol. The molecule has 0 aliphatic rings. The molecule has 6 heteroatoms. The fourth-order valence-electron chi connectivity index (χ4n) is 3.45. The van der Waals surface area contributed by atoms with Crippen LogP contribution in [0.3, 0.4) is 0 Å². The van der Waals surface area contributed by atoms with E-state index in [1.54, 1.807) is 19.1 Å². The van der Waals surface area contributed by atoms with Crippen molar-refractivity contribution in [2.45, 2.75) is 104 Å². The Hall–Kier alpha value is -1.66. The Kier molecular flexibility index (Phi) is 18.0. The zero-order valence-corrected chi connectivity index (χ0v) is 20.5. The third-order valence-electron chi connectivity index (χ3n) is 4.85. The second kappa shape index (κ2) is 19.1. The molecule has 0 aromatic carbocycles. The van der Waals surface area contributed by atoms with Gasteiger partial charge in [-0.2, -0.15) is 0 Å². The number of amides is 2. The van der Waals surface area contributed by atoms with Crippen LogP contribution in [-0.2, 0) is 9.59 Å². The Morgan fingerprint density at radius 2 is 1.19 bits per heavy atom. The average Bonchev–Trinajstić information content (AvgIpc) is 2.66. The lowest BCUT2D eigenvalue weighted by atomic mass is 10.2. The van der Waals surface area contributed by atoms with E-state index >= 15 is 0 Å². The molecule has 0 aliphatic heterocycles. The van der Waals surface area contributed by atoms with Gasteiger partial charge >= 0.3 is 0 Å². The number of aliphatic hydroxyl groups is 1. The number of rotatable bonds is 18. The van der Waals surface area contributed by atoms with Gasteiger partial charge in [0, 0.05) is 31.7 Å². The Morgan fingerprint density at radius 3 is 1.55 bits per heavy atom. The molecule has 6 nitrogen and oxygen atoms in total. The van der Waals surface area contributed by atoms with Crippen molar-refractivity contribution in [2.24, 2.45) is 0 Å². The van der Waals surface area contributed by atoms with Crippen molar-refractivity contribution in [3.05, 3.63) is 24.3 Å². The molecule has 0 fully saturated rings. The van der Waals surface area contributed by atoms with E-state index in [2.05, 4.69) is 29.4 Å². The fraction of sp³-hybridized carbons (Fsp3) is 0.760. The lowest BCUT2D eigenvalue weighted by Gasteiger charge is -2.29. The summed E-state index contributed by atoms with van der Waals surface area (Å²) in [7, 11) is 0. The first-order valence-corrected chi connectivity index (χ1v) is 12.1. The molecule has 0 heterocycles. The van der Waals surface area contributed by atoms with E-state index in [4.69, 9.17) is 0 Å². The van der Waals surface area contributed by atoms with Crippen molar-refractivity contribution in [1.29, 1.82) is 0 Å². The molecule has 0 aromatic rings. The third-order valence-corrected chi connectivity index (χ3v) is 4.85. The molecule has 0 saturated carbocycles. The van der Waals surface area contributed by atoms with Crippen molar-refractivity contribution in [3.63, 3.8) is 0 Å². The lowest BCUT2D eigenvalue weighted by molar-refractivity contribution is -0.117. The van der Waals surface area contributed by atoms with Gasteiger partial charge in [0.05, 0.1) is 6.10 Å². The predicted molar refractivity (Wildman–Crippen MR) is 130 cm³/mol. The van der Waals surface area contributed by atoms with Gasteiger partial charge in [-0.3, -0.25) is 14.5 Å². The maximum absolute atomic E-state index is 12.1. The van der Waals surface area contributed by atoms with Gasteiger partial charge in [-0.25, -0.2) is 0 Å². The summed E-state index contributed by atoms with van der Waals surface area (Å²) in [5.41, 5.74) is 0. The van der Waals surface area contributed by atoms with Crippen LogP contribution >= 0.6 is 0 Å². The van der Waals surface area contributed by atoms with Crippen LogP contribution in [0.1, 0.15) is 86.0 Å². The van der Waals surface area contributed by atoms with Crippen LogP contribution in [0.25, 0.3) is 0 Å². The van der Waals surface area contributed by atoms with Crippen molar-refractivity contribution in [3.8, 4) is 0 Å². The van der Waals surface area contributed by atoms with Gasteiger partial charge in [0.25, 0.3) is 0 Å². The monoisotopic (exact) mass is 437 g/mol. The van der Waals surface area contributed by atoms with Crippen LogP contribution in [0.5, 0.6) is 0 Å². The Bertz CT molecular complexity index is 490. The maximum Gasteiger partial charge on any atom is 0.243 e. The number of nitrogens with one attached hydrogen (secondary N) is 2. The SMILES string of the molecule is CCCCC/C=C/C(=O)NC(C)CN(CC(C)O)CC(C)NC(=O)/C=C/CCCCC. The minimum absolute atomic E-state index is 0.0621. The number of allylic oxidation sites excluding steroid dienone is 2. The molecule has 180 valence electrons. The van der Waals surface area contributed by atoms with E-state index in [0.29, 0.717) is 19.6 Å². The molecule has 0 bridgehead atoms. The molecule has 2 amide bonds. The fourth-order valence-corrected chi connectivity index (χ4v) is 3.45. The van der Waals surface area contributed by atoms with Gasteiger partial charge in [0.15, 0.2) is 0 Å². The highest BCUT2D eigenvalue weighted by Crippen LogP contribution is 2.02. The first-order valence-electron chi connectivity index (χ1n) is 12.1. The van der Waals surface area contributed by atoms with Crippen molar-refractivity contribution < 1.29 is 14.7 Å². The van der Waals surface area contributed by atoms with Gasteiger partial charge in [0.2, 0.25) is 11.8 Å². The summed E-state index contributed by atoms with van der Waals surface area (Å²) in [5.74, 6) is -0.175. The highest BCUT2D eigenvalue weighted by atomic mass is 16.3. The lowest BCUT2D eigenvalue weighted by Crippen LogP contribution is -2.48. The van der Waals surface area contributed by atoms with Crippen LogP contribution in [0.2, 0.25) is 0 Å². The molecule has 0 rings (SSSR count). The molecular formula is C25H47N3O3. The second-order valence-electron chi connectivity index (χ2n) is 8.68. The highest BCUT2D eigenvalue weighted by Gasteiger charge is 2.17. The van der Waals surface area contributed by atoms with Crippen molar-refractivity contribution in [2.75, 3.05) is 19.6 Å². The van der Waals surface area contributed by atoms with Gasteiger partial charge in [-0.05, 0) is 58.6 Å². The molecule has 3 atom stereocenters. The standard InChI is InChI=1S/C25H47N3O3/c1-6-8-10-12-14-16-24(30)26-21(3)18-28(20-23(5)29)19-22(4)27-25(31)17-15-13-11-9-7-2/h14-17,21-23,29H,6-13,18-20H2,1-5H3,(H,26,30)(H,27,31)/b16-14+,17-15+. The van der Waals surface area contributed by atoms with Gasteiger partial charge in [-0.1, -0.05) is 51.7 Å². The van der Waals surface area contributed by atoms with Crippen LogP contribution in [0.15, 0.2) is 24.3 Å². The zero-order chi connectivity index (χ0) is 23.5. The van der Waals surface area contributed by atoms with E-state index in [1.807, 2.05) is 26.0 Å². The molecule has 0 aliphatic carbocycles. The van der Waals surface area contributed by atoms with E-state index < -0.39 is 6.10 Å². The molecule has 3 N–H and O–H groups in total. The zero-order valence-electron chi connectivity index (χ0n) is 20.5. The molecule has 31 heavy (non-hydrogen) atoms. The van der Waals surface area contributed by atoms with Gasteiger partial charge < -0.3 is 15.7 Å².